The van der Waals surface area contributed by atoms with Gasteiger partial charge in [0.1, 0.15) is 5.75 Å². The summed E-state index contributed by atoms with van der Waals surface area (Å²) in [5.74, 6) is 1.24. The number of carbonyl (C=O) groups excluding carboxylic acids is 1. The molecular formula is C17H25IN4O2. The fourth-order valence-electron chi connectivity index (χ4n) is 2.83. The van der Waals surface area contributed by atoms with Crippen LogP contribution in [0.5, 0.6) is 5.75 Å². The van der Waals surface area contributed by atoms with Gasteiger partial charge in [-0.3, -0.25) is 4.79 Å². The zero-order chi connectivity index (χ0) is 16.2. The van der Waals surface area contributed by atoms with Crippen molar-refractivity contribution in [3.63, 3.8) is 0 Å². The van der Waals surface area contributed by atoms with E-state index in [2.05, 4.69) is 10.3 Å². The second kappa shape index (κ2) is 8.55. The predicted octanol–water partition coefficient (Wildman–Crippen LogP) is 1.78. The summed E-state index contributed by atoms with van der Waals surface area (Å²) in [6.07, 6.45) is 2.31. The van der Waals surface area contributed by atoms with Crippen LogP contribution in [0.3, 0.4) is 0 Å². The molecule has 132 valence electrons. The molecule has 3 rings (SSSR count). The quantitative estimate of drug-likeness (QED) is 0.422. The number of hydrogen-bond acceptors (Lipinski definition) is 3. The summed E-state index contributed by atoms with van der Waals surface area (Å²) >= 11 is 0. The summed E-state index contributed by atoms with van der Waals surface area (Å²) in [4.78, 5) is 21.0. The third kappa shape index (κ3) is 4.75. The van der Waals surface area contributed by atoms with Crippen LogP contribution in [0.2, 0.25) is 0 Å². The third-order valence-corrected chi connectivity index (χ3v) is 4.23. The van der Waals surface area contributed by atoms with Crippen LogP contribution in [0.1, 0.15) is 25.3 Å². The van der Waals surface area contributed by atoms with Crippen molar-refractivity contribution in [2.45, 2.75) is 32.4 Å². The Morgan fingerprint density at radius 3 is 2.58 bits per heavy atom. The van der Waals surface area contributed by atoms with Crippen molar-refractivity contribution in [2.24, 2.45) is 4.99 Å². The van der Waals surface area contributed by atoms with Crippen molar-refractivity contribution in [3.05, 3.63) is 29.8 Å². The molecule has 0 aromatic heterocycles. The first-order chi connectivity index (χ1) is 11.2. The Morgan fingerprint density at radius 2 is 2.00 bits per heavy atom. The molecule has 2 N–H and O–H groups in total. The van der Waals surface area contributed by atoms with Crippen molar-refractivity contribution in [3.8, 4) is 5.75 Å². The number of nitrogens with zero attached hydrogens (tertiary/aromatic N) is 3. The lowest BCUT2D eigenvalue weighted by atomic mass is 10.2. The second-order valence-electron chi connectivity index (χ2n) is 6.08. The first-order valence-electron chi connectivity index (χ1n) is 8.28. The highest BCUT2D eigenvalue weighted by molar-refractivity contribution is 14.0. The van der Waals surface area contributed by atoms with Crippen LogP contribution >= 0.6 is 24.0 Å². The van der Waals surface area contributed by atoms with E-state index < -0.39 is 0 Å². The van der Waals surface area contributed by atoms with Crippen LogP contribution < -0.4 is 5.32 Å². The summed E-state index contributed by atoms with van der Waals surface area (Å²) in [6.45, 7) is 5.33. The van der Waals surface area contributed by atoms with Crippen molar-refractivity contribution in [1.29, 1.82) is 0 Å². The number of nitrogens with one attached hydrogen (secondary N) is 1. The van der Waals surface area contributed by atoms with E-state index in [-0.39, 0.29) is 35.6 Å². The second-order valence-corrected chi connectivity index (χ2v) is 6.08. The molecule has 0 bridgehead atoms. The van der Waals surface area contributed by atoms with Crippen LogP contribution in [-0.2, 0) is 11.3 Å². The first-order valence-corrected chi connectivity index (χ1v) is 8.28. The maximum atomic E-state index is 12.3. The molecule has 1 aliphatic heterocycles. The van der Waals surface area contributed by atoms with Crippen LogP contribution in [0.15, 0.2) is 29.3 Å². The maximum Gasteiger partial charge on any atom is 0.242 e. The molecule has 1 heterocycles. The predicted molar refractivity (Wildman–Crippen MR) is 105 cm³/mol. The number of phenolic OH excluding ortho intramolecular Hbond substituents is 1. The van der Waals surface area contributed by atoms with Gasteiger partial charge in [-0.25, -0.2) is 4.99 Å². The van der Waals surface area contributed by atoms with Crippen molar-refractivity contribution < 1.29 is 9.90 Å². The van der Waals surface area contributed by atoms with E-state index in [0.717, 1.165) is 44.0 Å². The van der Waals surface area contributed by atoms with E-state index in [0.29, 0.717) is 19.1 Å². The number of carbonyl (C=O) groups is 1. The number of hydrogen-bond donors (Lipinski definition) is 2. The number of halogens is 1. The molecule has 0 radical (unpaired) electrons. The molecule has 1 aliphatic carbocycles. The minimum Gasteiger partial charge on any atom is -0.508 e. The van der Waals surface area contributed by atoms with E-state index in [9.17, 15) is 9.90 Å². The fourth-order valence-corrected chi connectivity index (χ4v) is 2.83. The Hall–Kier alpha value is -1.51. The third-order valence-electron chi connectivity index (χ3n) is 4.23. The topological polar surface area (TPSA) is 68.2 Å². The van der Waals surface area contributed by atoms with Gasteiger partial charge in [0.2, 0.25) is 5.91 Å². The number of piperazine rings is 1. The van der Waals surface area contributed by atoms with Gasteiger partial charge in [0.25, 0.3) is 0 Å². The smallest absolute Gasteiger partial charge is 0.242 e. The molecule has 7 heteroatoms. The lowest BCUT2D eigenvalue weighted by Gasteiger charge is -2.36. The van der Waals surface area contributed by atoms with E-state index in [4.69, 9.17) is 0 Å². The standard InChI is InChI=1S/C17H24N4O2.HI/c1-2-18-17(19-11-13-3-7-15(22)8-4-13)20-9-10-21(14-5-6-14)16(23)12-20;/h3-4,7-8,14,22H,2,5-6,9-12H2,1H3,(H,18,19);1H. The Labute approximate surface area is 159 Å². The molecule has 0 spiro atoms. The molecule has 1 amide bonds. The largest absolute Gasteiger partial charge is 0.508 e. The highest BCUT2D eigenvalue weighted by Crippen LogP contribution is 2.28. The molecule has 1 aromatic rings. The van der Waals surface area contributed by atoms with Crippen LogP contribution in [-0.4, -0.2) is 59.0 Å². The molecule has 0 atom stereocenters. The zero-order valence-corrected chi connectivity index (χ0v) is 16.3. The van der Waals surface area contributed by atoms with Gasteiger partial charge in [0, 0.05) is 25.7 Å². The minimum atomic E-state index is 0. The number of phenols is 1. The Morgan fingerprint density at radius 1 is 1.29 bits per heavy atom. The van der Waals surface area contributed by atoms with E-state index in [1.165, 1.54) is 0 Å². The average molecular weight is 444 g/mol. The molecule has 1 saturated heterocycles. The van der Waals surface area contributed by atoms with Crippen LogP contribution in [0, 0.1) is 0 Å². The van der Waals surface area contributed by atoms with Gasteiger partial charge >= 0.3 is 0 Å². The van der Waals surface area contributed by atoms with Crippen molar-refractivity contribution >= 4 is 35.8 Å². The van der Waals surface area contributed by atoms with Crippen LogP contribution in [0.25, 0.3) is 0 Å². The molecule has 1 aromatic carbocycles. The van der Waals surface area contributed by atoms with Gasteiger partial charge in [-0.15, -0.1) is 24.0 Å². The number of aliphatic imine (C=N–C) groups is 1. The molecular weight excluding hydrogens is 419 g/mol. The molecule has 6 nitrogen and oxygen atoms in total. The van der Waals surface area contributed by atoms with Gasteiger partial charge in [-0.05, 0) is 37.5 Å². The lowest BCUT2D eigenvalue weighted by Crippen LogP contribution is -2.55. The number of guanidine groups is 1. The van der Waals surface area contributed by atoms with Gasteiger partial charge < -0.3 is 20.2 Å². The SMILES string of the molecule is CCNC(=NCc1ccc(O)cc1)N1CCN(C2CC2)C(=O)C1.I. The van der Waals surface area contributed by atoms with Gasteiger partial charge in [0.05, 0.1) is 13.1 Å². The normalized spacial score (nSPS) is 18.4. The van der Waals surface area contributed by atoms with E-state index in [1.54, 1.807) is 12.1 Å². The number of rotatable bonds is 4. The fraction of sp³-hybridized carbons (Fsp3) is 0.529. The first kappa shape index (κ1) is 18.8. The molecule has 24 heavy (non-hydrogen) atoms. The summed E-state index contributed by atoms with van der Waals surface area (Å²) in [5.41, 5.74) is 1.03. The summed E-state index contributed by atoms with van der Waals surface area (Å²) in [5, 5.41) is 12.6. The Balaban J connectivity index is 0.00000208. The summed E-state index contributed by atoms with van der Waals surface area (Å²) in [6, 6.07) is 7.53. The van der Waals surface area contributed by atoms with Gasteiger partial charge in [-0.2, -0.15) is 0 Å². The van der Waals surface area contributed by atoms with E-state index in [1.807, 2.05) is 28.9 Å². The van der Waals surface area contributed by atoms with Crippen molar-refractivity contribution in [2.75, 3.05) is 26.2 Å². The minimum absolute atomic E-state index is 0. The highest BCUT2D eigenvalue weighted by atomic mass is 127. The lowest BCUT2D eigenvalue weighted by molar-refractivity contribution is -0.135. The number of benzene rings is 1. The molecule has 0 unspecified atom stereocenters. The highest BCUT2D eigenvalue weighted by Gasteiger charge is 2.36. The molecule has 1 saturated carbocycles. The Kier molecular flexibility index (Phi) is 6.70. The maximum absolute atomic E-state index is 12.3. The van der Waals surface area contributed by atoms with E-state index >= 15 is 0 Å². The Bertz CT molecular complexity index is 587. The summed E-state index contributed by atoms with van der Waals surface area (Å²) in [7, 11) is 0. The van der Waals surface area contributed by atoms with Crippen molar-refractivity contribution in [1.82, 2.24) is 15.1 Å². The molecule has 2 aliphatic rings. The van der Waals surface area contributed by atoms with Gasteiger partial charge in [-0.1, -0.05) is 12.1 Å². The average Bonchev–Trinajstić information content (AvgIpc) is 3.37. The molecule has 2 fully saturated rings. The zero-order valence-electron chi connectivity index (χ0n) is 13.9. The summed E-state index contributed by atoms with van der Waals surface area (Å²) < 4.78 is 0. The number of amides is 1. The van der Waals surface area contributed by atoms with Crippen LogP contribution in [0.4, 0.5) is 0 Å². The monoisotopic (exact) mass is 444 g/mol. The number of aromatic hydroxyl groups is 1. The van der Waals surface area contributed by atoms with Gasteiger partial charge in [0.15, 0.2) is 5.96 Å².